The van der Waals surface area contributed by atoms with Gasteiger partial charge in [-0.15, -0.1) is 0 Å². The summed E-state index contributed by atoms with van der Waals surface area (Å²) < 4.78 is 7.12. The average Bonchev–Trinajstić information content (AvgIpc) is 2.80. The van der Waals surface area contributed by atoms with Crippen LogP contribution in [0.2, 0.25) is 0 Å². The molecule has 6 heteroatoms. The highest BCUT2D eigenvalue weighted by Crippen LogP contribution is 2.23. The minimum Gasteiger partial charge on any atom is -0.394 e. The fourth-order valence-corrected chi connectivity index (χ4v) is 2.39. The van der Waals surface area contributed by atoms with E-state index in [9.17, 15) is 9.90 Å². The van der Waals surface area contributed by atoms with E-state index in [2.05, 4.69) is 25.9 Å². The van der Waals surface area contributed by atoms with Crippen molar-refractivity contribution in [3.63, 3.8) is 0 Å². The van der Waals surface area contributed by atoms with Gasteiger partial charge in [0.2, 0.25) is 0 Å². The highest BCUT2D eigenvalue weighted by molar-refractivity contribution is 5.93. The summed E-state index contributed by atoms with van der Waals surface area (Å²) in [5, 5.41) is 13.7. The first kappa shape index (κ1) is 16.0. The van der Waals surface area contributed by atoms with Crippen molar-refractivity contribution in [1.29, 1.82) is 0 Å². The summed E-state index contributed by atoms with van der Waals surface area (Å²) in [6.07, 6.45) is -0.305. The van der Waals surface area contributed by atoms with Crippen LogP contribution < -0.4 is 0 Å². The predicted molar refractivity (Wildman–Crippen MR) is 79.2 cm³/mol. The number of aromatic nitrogens is 2. The van der Waals surface area contributed by atoms with Gasteiger partial charge in [0.1, 0.15) is 5.69 Å². The fourth-order valence-electron chi connectivity index (χ4n) is 2.39. The van der Waals surface area contributed by atoms with Crippen molar-refractivity contribution in [3.8, 4) is 0 Å². The molecule has 0 bridgehead atoms. The van der Waals surface area contributed by atoms with Crippen molar-refractivity contribution < 1.29 is 14.6 Å². The third-order valence-electron chi connectivity index (χ3n) is 3.84. The van der Waals surface area contributed by atoms with Gasteiger partial charge in [-0.25, -0.2) is 0 Å². The third kappa shape index (κ3) is 3.27. The molecule has 1 N–H and O–H groups in total. The van der Waals surface area contributed by atoms with Crippen molar-refractivity contribution in [2.24, 2.45) is 7.05 Å². The summed E-state index contributed by atoms with van der Waals surface area (Å²) in [6.45, 7) is 8.95. The number of aliphatic hydroxyl groups excluding tert-OH is 1. The number of morpholine rings is 1. The molecule has 0 aliphatic carbocycles. The first-order valence-corrected chi connectivity index (χ1v) is 7.32. The van der Waals surface area contributed by atoms with Crippen molar-refractivity contribution in [2.45, 2.75) is 45.3 Å². The standard InChI is InChI=1S/C15H25N3O3/c1-10-9-21-11(8-19)7-18(10)14(20)12-6-13(15(2,3)4)16-17(12)5/h6,10-11,19H,7-9H2,1-5H3. The maximum Gasteiger partial charge on any atom is 0.272 e. The first-order chi connectivity index (χ1) is 9.74. The lowest BCUT2D eigenvalue weighted by atomic mass is 9.92. The lowest BCUT2D eigenvalue weighted by Crippen LogP contribution is -2.52. The van der Waals surface area contributed by atoms with Gasteiger partial charge in [0.25, 0.3) is 5.91 Å². The Labute approximate surface area is 125 Å². The Hall–Kier alpha value is -1.40. The molecule has 1 fully saturated rings. The highest BCUT2D eigenvalue weighted by atomic mass is 16.5. The Kier molecular flexibility index (Phi) is 4.39. The molecule has 2 heterocycles. The van der Waals surface area contributed by atoms with Crippen molar-refractivity contribution >= 4 is 5.91 Å². The second-order valence-electron chi connectivity index (χ2n) is 6.73. The van der Waals surface area contributed by atoms with Crippen molar-refractivity contribution in [1.82, 2.24) is 14.7 Å². The van der Waals surface area contributed by atoms with E-state index in [1.165, 1.54) is 0 Å². The van der Waals surface area contributed by atoms with Crippen LogP contribution in [0.25, 0.3) is 0 Å². The second-order valence-corrected chi connectivity index (χ2v) is 6.73. The first-order valence-electron chi connectivity index (χ1n) is 7.32. The van der Waals surface area contributed by atoms with Crippen LogP contribution in [-0.4, -0.2) is 57.6 Å². The fraction of sp³-hybridized carbons (Fsp3) is 0.733. The molecule has 6 nitrogen and oxygen atoms in total. The van der Waals surface area contributed by atoms with Gasteiger partial charge in [0.15, 0.2) is 0 Å². The summed E-state index contributed by atoms with van der Waals surface area (Å²) in [4.78, 5) is 14.5. The number of hydrogen-bond donors (Lipinski definition) is 1. The number of ether oxygens (including phenoxy) is 1. The van der Waals surface area contributed by atoms with Crippen LogP contribution >= 0.6 is 0 Å². The van der Waals surface area contributed by atoms with Gasteiger partial charge in [0.05, 0.1) is 31.1 Å². The van der Waals surface area contributed by atoms with E-state index < -0.39 is 0 Å². The van der Waals surface area contributed by atoms with Gasteiger partial charge >= 0.3 is 0 Å². The van der Waals surface area contributed by atoms with Crippen LogP contribution in [0.3, 0.4) is 0 Å². The molecule has 1 saturated heterocycles. The van der Waals surface area contributed by atoms with Crippen LogP contribution in [0.15, 0.2) is 6.07 Å². The number of amides is 1. The van der Waals surface area contributed by atoms with E-state index in [1.54, 1.807) is 16.6 Å². The number of hydrogen-bond acceptors (Lipinski definition) is 4. The number of rotatable bonds is 2. The maximum absolute atomic E-state index is 12.8. The van der Waals surface area contributed by atoms with E-state index in [1.807, 2.05) is 13.0 Å². The average molecular weight is 295 g/mol. The molecule has 1 aromatic rings. The van der Waals surface area contributed by atoms with Crippen LogP contribution in [0.4, 0.5) is 0 Å². The lowest BCUT2D eigenvalue weighted by molar-refractivity contribution is -0.0669. The molecule has 1 aromatic heterocycles. The van der Waals surface area contributed by atoms with Crippen molar-refractivity contribution in [3.05, 3.63) is 17.5 Å². The number of nitrogens with zero attached hydrogens (tertiary/aromatic N) is 3. The molecule has 0 saturated carbocycles. The molecular formula is C15H25N3O3. The molecule has 21 heavy (non-hydrogen) atoms. The molecule has 1 aliphatic heterocycles. The van der Waals surface area contributed by atoms with E-state index >= 15 is 0 Å². The van der Waals surface area contributed by atoms with Gasteiger partial charge in [-0.2, -0.15) is 5.10 Å². The molecule has 118 valence electrons. The Morgan fingerprint density at radius 2 is 2.19 bits per heavy atom. The smallest absolute Gasteiger partial charge is 0.272 e. The summed E-state index contributed by atoms with van der Waals surface area (Å²) in [5.74, 6) is -0.0604. The van der Waals surface area contributed by atoms with E-state index in [0.717, 1.165) is 5.69 Å². The summed E-state index contributed by atoms with van der Waals surface area (Å²) in [7, 11) is 1.79. The van der Waals surface area contributed by atoms with Gasteiger partial charge in [-0.1, -0.05) is 20.8 Å². The van der Waals surface area contributed by atoms with Crippen LogP contribution in [-0.2, 0) is 17.2 Å². The predicted octanol–water partition coefficient (Wildman–Crippen LogP) is 0.939. The zero-order valence-electron chi connectivity index (χ0n) is 13.5. The number of aryl methyl sites for hydroxylation is 1. The Morgan fingerprint density at radius 3 is 2.71 bits per heavy atom. The molecule has 2 atom stereocenters. The lowest BCUT2D eigenvalue weighted by Gasteiger charge is -2.37. The topological polar surface area (TPSA) is 67.6 Å². The third-order valence-corrected chi connectivity index (χ3v) is 3.84. The van der Waals surface area contributed by atoms with Gasteiger partial charge in [-0.05, 0) is 13.0 Å². The van der Waals surface area contributed by atoms with E-state index in [4.69, 9.17) is 4.74 Å². The summed E-state index contributed by atoms with van der Waals surface area (Å²) in [5.41, 5.74) is 1.37. The largest absolute Gasteiger partial charge is 0.394 e. The van der Waals surface area contributed by atoms with E-state index in [0.29, 0.717) is 18.8 Å². The number of carbonyl (C=O) groups is 1. The zero-order valence-corrected chi connectivity index (χ0v) is 13.5. The normalized spacial score (nSPS) is 23.4. The Bertz CT molecular complexity index is 519. The molecule has 2 unspecified atom stereocenters. The highest BCUT2D eigenvalue weighted by Gasteiger charge is 2.32. The minimum atomic E-state index is -0.305. The van der Waals surface area contributed by atoms with Gasteiger partial charge in [0, 0.05) is 19.0 Å². The van der Waals surface area contributed by atoms with Crippen LogP contribution in [0.1, 0.15) is 43.9 Å². The van der Waals surface area contributed by atoms with E-state index in [-0.39, 0.29) is 30.1 Å². The zero-order chi connectivity index (χ0) is 15.8. The van der Waals surface area contributed by atoms with Gasteiger partial charge < -0.3 is 14.7 Å². The molecule has 0 spiro atoms. The molecule has 0 radical (unpaired) electrons. The Morgan fingerprint density at radius 1 is 1.52 bits per heavy atom. The molecule has 2 rings (SSSR count). The Balaban J connectivity index is 2.25. The van der Waals surface area contributed by atoms with Gasteiger partial charge in [-0.3, -0.25) is 9.48 Å². The molecule has 0 aromatic carbocycles. The number of aliphatic hydroxyl groups is 1. The minimum absolute atomic E-state index is 0.00622. The summed E-state index contributed by atoms with van der Waals surface area (Å²) in [6, 6.07) is 1.85. The van der Waals surface area contributed by atoms with Crippen LogP contribution in [0.5, 0.6) is 0 Å². The molecular weight excluding hydrogens is 270 g/mol. The summed E-state index contributed by atoms with van der Waals surface area (Å²) >= 11 is 0. The monoisotopic (exact) mass is 295 g/mol. The molecule has 1 amide bonds. The number of carbonyl (C=O) groups excluding carboxylic acids is 1. The molecule has 1 aliphatic rings. The van der Waals surface area contributed by atoms with Crippen LogP contribution in [0, 0.1) is 0 Å². The quantitative estimate of drug-likeness (QED) is 0.882. The van der Waals surface area contributed by atoms with Crippen molar-refractivity contribution in [2.75, 3.05) is 19.8 Å². The SMILES string of the molecule is CC1COC(CO)CN1C(=O)c1cc(C(C)(C)C)nn1C. The maximum atomic E-state index is 12.8. The second kappa shape index (κ2) is 5.77.